The fourth-order valence-corrected chi connectivity index (χ4v) is 3.70. The van der Waals surface area contributed by atoms with E-state index in [1.165, 1.54) is 11.2 Å². The van der Waals surface area contributed by atoms with Crippen LogP contribution < -0.4 is 26.1 Å². The van der Waals surface area contributed by atoms with Crippen LogP contribution in [0.4, 0.5) is 4.79 Å². The maximum atomic E-state index is 13.4. The van der Waals surface area contributed by atoms with E-state index in [-0.39, 0.29) is 12.5 Å². The molecule has 186 valence electrons. The average Bonchev–Trinajstić information content (AvgIpc) is 2.75. The number of carbonyl (C=O) groups is 3. The molecule has 0 saturated carbocycles. The molecule has 1 aliphatic rings. The molecule has 0 radical (unpaired) electrons. The fourth-order valence-electron chi connectivity index (χ4n) is 3.70. The quantitative estimate of drug-likeness (QED) is 0.456. The summed E-state index contributed by atoms with van der Waals surface area (Å²) in [5.74, 6) is 0.0757. The number of hydrazone groups is 1. The van der Waals surface area contributed by atoms with Gasteiger partial charge in [0.05, 0.1) is 11.8 Å². The summed E-state index contributed by atoms with van der Waals surface area (Å²) in [6, 6.07) is 8.04. The monoisotopic (exact) mass is 481 g/mol. The van der Waals surface area contributed by atoms with E-state index in [0.29, 0.717) is 28.2 Å². The molecule has 1 heterocycles. The Morgan fingerprint density at radius 3 is 2.37 bits per heavy atom. The molecule has 0 spiro atoms. The third-order valence-electron chi connectivity index (χ3n) is 5.26. The van der Waals surface area contributed by atoms with Crippen molar-refractivity contribution >= 4 is 24.1 Å². The van der Waals surface area contributed by atoms with E-state index in [4.69, 9.17) is 15.2 Å². The van der Waals surface area contributed by atoms with Crippen LogP contribution in [0.1, 0.15) is 58.2 Å². The molecule has 2 aromatic rings. The normalized spacial score (nSPS) is 15.0. The minimum absolute atomic E-state index is 0.171. The summed E-state index contributed by atoms with van der Waals surface area (Å²) in [7, 11) is 0. The molecule has 0 bridgehead atoms. The molecule has 10 heteroatoms. The first-order chi connectivity index (χ1) is 16.4. The van der Waals surface area contributed by atoms with Crippen molar-refractivity contribution < 1.29 is 23.9 Å². The Morgan fingerprint density at radius 1 is 1.11 bits per heavy atom. The summed E-state index contributed by atoms with van der Waals surface area (Å²) >= 11 is 0. The second kappa shape index (κ2) is 10.0. The largest absolute Gasteiger partial charge is 0.485 e. The molecule has 1 aliphatic heterocycles. The molecule has 10 nitrogen and oxygen atoms in total. The third-order valence-corrected chi connectivity index (χ3v) is 5.26. The Hall–Kier alpha value is -4.08. The number of nitrogens with two attached hydrogens (primary N) is 1. The molecular formula is C25H31N5O5. The van der Waals surface area contributed by atoms with Gasteiger partial charge in [0.15, 0.2) is 17.6 Å². The zero-order valence-corrected chi connectivity index (χ0v) is 20.8. The number of nitrogens with zero attached hydrogens (tertiary/aromatic N) is 2. The van der Waals surface area contributed by atoms with Crippen LogP contribution in [0.25, 0.3) is 0 Å². The summed E-state index contributed by atoms with van der Waals surface area (Å²) in [4.78, 5) is 37.5. The number of hydrogen-bond donors (Lipinski definition) is 3. The van der Waals surface area contributed by atoms with Gasteiger partial charge in [-0.3, -0.25) is 15.0 Å². The van der Waals surface area contributed by atoms with Crippen molar-refractivity contribution in [3.05, 3.63) is 58.1 Å². The predicted octanol–water partition coefficient (Wildman–Crippen LogP) is 2.99. The summed E-state index contributed by atoms with van der Waals surface area (Å²) in [5, 5.41) is 5.04. The second-order valence-electron chi connectivity index (χ2n) is 9.42. The van der Waals surface area contributed by atoms with E-state index in [0.717, 1.165) is 11.1 Å². The highest BCUT2D eigenvalue weighted by atomic mass is 16.6. The number of hydrazine groups is 1. The van der Waals surface area contributed by atoms with Crippen molar-refractivity contribution in [3.63, 3.8) is 0 Å². The molecule has 0 unspecified atom stereocenters. The summed E-state index contributed by atoms with van der Waals surface area (Å²) in [6.07, 6.45) is 0.757. The van der Waals surface area contributed by atoms with Crippen molar-refractivity contribution in [2.24, 2.45) is 10.8 Å². The van der Waals surface area contributed by atoms with Gasteiger partial charge in [-0.1, -0.05) is 17.2 Å². The lowest BCUT2D eigenvalue weighted by Crippen LogP contribution is -2.56. The van der Waals surface area contributed by atoms with Gasteiger partial charge in [-0.15, -0.1) is 0 Å². The first-order valence-electron chi connectivity index (χ1n) is 11.1. The number of ether oxygens (including phenoxy) is 2. The van der Waals surface area contributed by atoms with Crippen molar-refractivity contribution in [2.75, 3.05) is 6.61 Å². The maximum Gasteiger partial charge on any atom is 0.332 e. The number of benzene rings is 2. The van der Waals surface area contributed by atoms with Crippen LogP contribution in [0, 0.1) is 20.8 Å². The number of amides is 4. The Balaban J connectivity index is 1.86. The van der Waals surface area contributed by atoms with Gasteiger partial charge >= 0.3 is 6.03 Å². The Labute approximate surface area is 204 Å². The van der Waals surface area contributed by atoms with Crippen LogP contribution >= 0.6 is 0 Å². The van der Waals surface area contributed by atoms with E-state index < -0.39 is 23.6 Å². The number of aryl methyl sites for hydroxylation is 2. The molecule has 0 saturated heterocycles. The molecule has 3 rings (SSSR count). The first-order valence-corrected chi connectivity index (χ1v) is 11.1. The van der Waals surface area contributed by atoms with Gasteiger partial charge in [0, 0.05) is 16.7 Å². The van der Waals surface area contributed by atoms with Gasteiger partial charge in [0.25, 0.3) is 11.8 Å². The lowest BCUT2D eigenvalue weighted by molar-refractivity contribution is 0.0358. The number of primary amides is 1. The average molecular weight is 482 g/mol. The van der Waals surface area contributed by atoms with Gasteiger partial charge in [0.1, 0.15) is 6.61 Å². The van der Waals surface area contributed by atoms with E-state index >= 15 is 0 Å². The number of hydrogen-bond acceptors (Lipinski definition) is 6. The molecule has 35 heavy (non-hydrogen) atoms. The van der Waals surface area contributed by atoms with Crippen molar-refractivity contribution in [3.8, 4) is 11.5 Å². The van der Waals surface area contributed by atoms with Gasteiger partial charge in [-0.05, 0) is 65.8 Å². The van der Waals surface area contributed by atoms with E-state index in [1.54, 1.807) is 31.2 Å². The predicted molar refractivity (Wildman–Crippen MR) is 132 cm³/mol. The van der Waals surface area contributed by atoms with Gasteiger partial charge in [0.2, 0.25) is 0 Å². The molecule has 4 N–H and O–H groups in total. The smallest absolute Gasteiger partial charge is 0.332 e. The molecule has 1 atom stereocenters. The summed E-state index contributed by atoms with van der Waals surface area (Å²) < 4.78 is 11.6. The van der Waals surface area contributed by atoms with E-state index in [2.05, 4.69) is 16.0 Å². The molecule has 0 aliphatic carbocycles. The number of urea groups is 1. The third kappa shape index (κ3) is 6.08. The van der Waals surface area contributed by atoms with Crippen LogP contribution in [0.15, 0.2) is 35.4 Å². The van der Waals surface area contributed by atoms with E-state index in [1.807, 2.05) is 40.7 Å². The second-order valence-corrected chi connectivity index (χ2v) is 9.42. The zero-order valence-electron chi connectivity index (χ0n) is 20.8. The van der Waals surface area contributed by atoms with Crippen molar-refractivity contribution in [1.29, 1.82) is 0 Å². The molecule has 0 fully saturated rings. The number of rotatable bonds is 4. The lowest BCUT2D eigenvalue weighted by atomic mass is 10.0. The summed E-state index contributed by atoms with van der Waals surface area (Å²) in [6.45, 7) is 11.3. The zero-order chi connectivity index (χ0) is 25.9. The van der Waals surface area contributed by atoms with Crippen LogP contribution in [-0.2, 0) is 0 Å². The highest BCUT2D eigenvalue weighted by molar-refractivity contribution is 6.00. The number of nitrogens with one attached hydrogen (secondary N) is 2. The van der Waals surface area contributed by atoms with Gasteiger partial charge in [-0.25, -0.2) is 15.2 Å². The number of carbonyl (C=O) groups excluding carboxylic acids is 3. The van der Waals surface area contributed by atoms with Gasteiger partial charge in [-0.2, -0.15) is 5.10 Å². The molecular weight excluding hydrogens is 450 g/mol. The highest BCUT2D eigenvalue weighted by Crippen LogP contribution is 2.36. The highest BCUT2D eigenvalue weighted by Gasteiger charge is 2.31. The van der Waals surface area contributed by atoms with Crippen LogP contribution in [-0.4, -0.2) is 47.3 Å². The molecule has 2 aromatic carbocycles. The first kappa shape index (κ1) is 25.5. The maximum absolute atomic E-state index is 13.4. The number of fused-ring (bicyclic) bond motifs is 1. The Bertz CT molecular complexity index is 1170. The van der Waals surface area contributed by atoms with Crippen LogP contribution in [0.5, 0.6) is 11.5 Å². The minimum atomic E-state index is -0.799. The molecule has 0 aromatic heterocycles. The summed E-state index contributed by atoms with van der Waals surface area (Å²) in [5.41, 5.74) is 12.4. The molecule has 4 amide bonds. The fraction of sp³-hybridized carbons (Fsp3) is 0.360. The van der Waals surface area contributed by atoms with Crippen molar-refractivity contribution in [1.82, 2.24) is 15.9 Å². The van der Waals surface area contributed by atoms with Crippen LogP contribution in [0.3, 0.4) is 0 Å². The lowest BCUT2D eigenvalue weighted by Gasteiger charge is -2.36. The minimum Gasteiger partial charge on any atom is -0.485 e. The standard InChI is InChI=1S/C25H31N5O5/c1-14-9-15(2)11-17(10-14)23(32)30(25(4,5)6)29-22(31)19-7-8-20-21(16(19)3)35-18(13-34-20)12-27-28-24(26)33/h7-12,18H,13H2,1-6H3,(H,29,31)(H3,26,28,33)/b27-12-/t18-/m0/s1. The van der Waals surface area contributed by atoms with Crippen LogP contribution in [0.2, 0.25) is 0 Å². The van der Waals surface area contributed by atoms with Gasteiger partial charge < -0.3 is 15.2 Å². The van der Waals surface area contributed by atoms with Crippen molar-refractivity contribution in [2.45, 2.75) is 53.2 Å². The van der Waals surface area contributed by atoms with E-state index in [9.17, 15) is 14.4 Å². The SMILES string of the molecule is Cc1cc(C)cc(C(=O)N(NC(=O)c2ccc3c(c2C)O[C@@H](/C=N\NC(N)=O)CO3)C(C)(C)C)c1. The Morgan fingerprint density at radius 2 is 1.77 bits per heavy atom. The Kier molecular flexibility index (Phi) is 7.33. The topological polar surface area (TPSA) is 135 Å².